The second kappa shape index (κ2) is 19.6. The van der Waals surface area contributed by atoms with Gasteiger partial charge in [-0.05, 0) is 76.2 Å². The van der Waals surface area contributed by atoms with E-state index < -0.39 is 40.3 Å². The molecule has 0 aromatic heterocycles. The Bertz CT molecular complexity index is 933. The van der Waals surface area contributed by atoms with E-state index in [1.807, 2.05) is 0 Å². The fourth-order valence-corrected chi connectivity index (χ4v) is 7.84. The van der Waals surface area contributed by atoms with Crippen LogP contribution in [0.3, 0.4) is 0 Å². The van der Waals surface area contributed by atoms with Crippen LogP contribution in [-0.2, 0) is 24.3 Å². The number of methoxy groups -OCH3 is 1. The van der Waals surface area contributed by atoms with E-state index in [4.69, 9.17) is 14.2 Å². The molecule has 11 atom stereocenters. The fourth-order valence-electron chi connectivity index (χ4n) is 7.27. The minimum absolute atomic E-state index is 0. The van der Waals surface area contributed by atoms with Crippen LogP contribution in [0.25, 0.3) is 0 Å². The van der Waals surface area contributed by atoms with Gasteiger partial charge in [0.15, 0.2) is 0 Å². The summed E-state index contributed by atoms with van der Waals surface area (Å²) in [5.41, 5.74) is 0. The van der Waals surface area contributed by atoms with Gasteiger partial charge in [0.2, 0.25) is 0 Å². The predicted molar refractivity (Wildman–Crippen MR) is 152 cm³/mol. The number of aliphatic hydroxyl groups is 4. The van der Waals surface area contributed by atoms with E-state index in [0.29, 0.717) is 31.6 Å². The summed E-state index contributed by atoms with van der Waals surface area (Å²) in [6.07, 6.45) is 3.41. The number of nitrogens with one attached hydrogen (secondary N) is 3. The second-order valence-corrected chi connectivity index (χ2v) is 14.2. The first-order valence-corrected chi connectivity index (χ1v) is 17.0. The molecular formula is C28H51N3Na2O10S. The molecule has 0 aromatic carbocycles. The number of ether oxygens (including phenoxy) is 3. The van der Waals surface area contributed by atoms with Gasteiger partial charge >= 0.3 is 59.1 Å². The Morgan fingerprint density at radius 2 is 1.23 bits per heavy atom. The monoisotopic (exact) mass is 667 g/mol. The van der Waals surface area contributed by atoms with Crippen LogP contribution in [0.4, 0.5) is 0 Å². The molecule has 3 aliphatic carbocycles. The molecule has 1 aliphatic heterocycles. The Kier molecular flexibility index (Phi) is 18.6. The Morgan fingerprint density at radius 3 is 1.66 bits per heavy atom. The number of rotatable bonds is 12. The largest absolute Gasteiger partial charge is 1.00 e. The van der Waals surface area contributed by atoms with Gasteiger partial charge in [-0.15, -0.1) is 0 Å². The van der Waals surface area contributed by atoms with Crippen molar-refractivity contribution in [2.45, 2.75) is 125 Å². The summed E-state index contributed by atoms with van der Waals surface area (Å²) in [5.74, 6) is -0.725. The molecule has 0 spiro atoms. The summed E-state index contributed by atoms with van der Waals surface area (Å²) in [6.45, 7) is 3.41. The SMILES string of the molecule is [CH2-]C(O)COC1CCC(C2NC(C3CCC(OC)CC3)NC(C3CCC(OCC(O)CS(=O)(=O)[O-])CC3O)N2)C(O)C1.[Na+].[Na+]. The Hall–Kier alpha value is 1.51. The Morgan fingerprint density at radius 1 is 0.773 bits per heavy atom. The van der Waals surface area contributed by atoms with E-state index in [-0.39, 0.29) is 121 Å². The number of aliphatic hydroxyl groups excluding tert-OH is 4. The molecule has 1 saturated heterocycles. The molecule has 4 rings (SSSR count). The van der Waals surface area contributed by atoms with Crippen molar-refractivity contribution < 1.29 is 107 Å². The van der Waals surface area contributed by atoms with Crippen LogP contribution in [-0.4, -0.2) is 121 Å². The maximum Gasteiger partial charge on any atom is 1.00 e. The molecule has 4 fully saturated rings. The average molecular weight is 668 g/mol. The number of hydrogen-bond acceptors (Lipinski definition) is 13. The molecule has 3 saturated carbocycles. The van der Waals surface area contributed by atoms with Gasteiger partial charge in [-0.3, -0.25) is 16.0 Å². The first-order chi connectivity index (χ1) is 19.9. The predicted octanol–water partition coefficient (Wildman–Crippen LogP) is -6.85. The molecule has 0 aromatic rings. The van der Waals surface area contributed by atoms with Gasteiger partial charge in [0.25, 0.3) is 0 Å². The van der Waals surface area contributed by atoms with Gasteiger partial charge in [-0.25, -0.2) is 8.42 Å². The third-order valence-corrected chi connectivity index (χ3v) is 10.3. The van der Waals surface area contributed by atoms with E-state index in [1.165, 1.54) is 0 Å². The molecule has 16 heteroatoms. The normalized spacial score (nSPS) is 39.8. The first-order valence-electron chi connectivity index (χ1n) is 15.4. The van der Waals surface area contributed by atoms with E-state index >= 15 is 0 Å². The zero-order valence-electron chi connectivity index (χ0n) is 26.6. The van der Waals surface area contributed by atoms with Crippen LogP contribution >= 0.6 is 0 Å². The summed E-state index contributed by atoms with van der Waals surface area (Å²) in [5, 5.41) is 52.8. The van der Waals surface area contributed by atoms with Crippen LogP contribution in [0.1, 0.15) is 64.2 Å². The zero-order valence-corrected chi connectivity index (χ0v) is 31.4. The van der Waals surface area contributed by atoms with Crippen molar-refractivity contribution in [1.82, 2.24) is 16.0 Å². The smallest absolute Gasteiger partial charge is 0.748 e. The van der Waals surface area contributed by atoms with Crippen LogP contribution in [0.15, 0.2) is 0 Å². The maximum atomic E-state index is 11.2. The van der Waals surface area contributed by atoms with Crippen molar-refractivity contribution in [2.24, 2.45) is 17.8 Å². The zero-order chi connectivity index (χ0) is 30.4. The van der Waals surface area contributed by atoms with Crippen LogP contribution in [0.5, 0.6) is 0 Å². The summed E-state index contributed by atoms with van der Waals surface area (Å²) < 4.78 is 49.7. The van der Waals surface area contributed by atoms with Crippen LogP contribution < -0.4 is 75.1 Å². The van der Waals surface area contributed by atoms with E-state index in [1.54, 1.807) is 7.11 Å². The molecule has 11 unspecified atom stereocenters. The summed E-state index contributed by atoms with van der Waals surface area (Å²) in [6, 6.07) is 0. The summed E-state index contributed by atoms with van der Waals surface area (Å²) >= 11 is 0. The van der Waals surface area contributed by atoms with Crippen LogP contribution in [0, 0.1) is 24.7 Å². The summed E-state index contributed by atoms with van der Waals surface area (Å²) in [4.78, 5) is 0. The Balaban J connectivity index is 0.00000337. The van der Waals surface area contributed by atoms with Gasteiger partial charge in [0.05, 0.1) is 77.6 Å². The van der Waals surface area contributed by atoms with E-state index in [2.05, 4.69) is 22.9 Å². The molecule has 44 heavy (non-hydrogen) atoms. The fraction of sp³-hybridized carbons (Fsp3) is 0.964. The summed E-state index contributed by atoms with van der Waals surface area (Å²) in [7, 11) is -2.80. The minimum atomic E-state index is -4.55. The van der Waals surface area contributed by atoms with Gasteiger partial charge in [-0.2, -0.15) is 0 Å². The van der Waals surface area contributed by atoms with E-state index in [9.17, 15) is 33.4 Å². The molecule has 246 valence electrons. The van der Waals surface area contributed by atoms with Gasteiger partial charge in [0, 0.05) is 25.6 Å². The molecule has 0 radical (unpaired) electrons. The first kappa shape index (κ1) is 41.7. The number of hydrogen-bond donors (Lipinski definition) is 7. The van der Waals surface area contributed by atoms with Crippen molar-refractivity contribution in [3.8, 4) is 0 Å². The topological polar surface area (TPSA) is 202 Å². The van der Waals surface area contributed by atoms with Crippen molar-refractivity contribution in [1.29, 1.82) is 0 Å². The van der Waals surface area contributed by atoms with Crippen molar-refractivity contribution in [3.05, 3.63) is 6.92 Å². The van der Waals surface area contributed by atoms with Gasteiger partial charge < -0.3 is 46.1 Å². The van der Waals surface area contributed by atoms with Gasteiger partial charge in [0.1, 0.15) is 0 Å². The van der Waals surface area contributed by atoms with Crippen LogP contribution in [0.2, 0.25) is 0 Å². The Labute approximate surface area is 306 Å². The third kappa shape index (κ3) is 12.8. The third-order valence-electron chi connectivity index (χ3n) is 9.54. The van der Waals surface area contributed by atoms with Crippen molar-refractivity contribution in [2.75, 3.05) is 26.1 Å². The molecule has 4 aliphatic rings. The molecular weight excluding hydrogens is 616 g/mol. The maximum absolute atomic E-state index is 11.2. The minimum Gasteiger partial charge on any atom is -0.748 e. The average Bonchev–Trinajstić information content (AvgIpc) is 2.94. The molecule has 0 amide bonds. The molecule has 1 heterocycles. The standard InChI is InChI=1S/C28H52N3O10S.2Na/c1-16(32)13-40-20-7-9-22(24(34)11-20)27-29-26(17-3-5-19(39-2)6-4-17)30-28(31-27)23-10-8-21(12-25(23)35)41-14-18(33)15-42(36,37)38;;/h16-35H,1,3-15H2,2H3,(H,36,37,38);;/q-1;2*+1/p-1. The van der Waals surface area contributed by atoms with Gasteiger partial charge in [-0.1, -0.05) is 0 Å². The molecule has 0 bridgehead atoms. The molecule has 13 nitrogen and oxygen atoms in total. The van der Waals surface area contributed by atoms with E-state index in [0.717, 1.165) is 38.5 Å². The second-order valence-electron chi connectivity index (χ2n) is 12.7. The van der Waals surface area contributed by atoms with Crippen molar-refractivity contribution in [3.63, 3.8) is 0 Å². The quantitative estimate of drug-likeness (QED) is 0.0589. The molecule has 7 N–H and O–H groups in total. The van der Waals surface area contributed by atoms with Crippen molar-refractivity contribution >= 4 is 10.1 Å².